The van der Waals surface area contributed by atoms with Crippen molar-refractivity contribution >= 4 is 21.4 Å². The lowest BCUT2D eigenvalue weighted by molar-refractivity contribution is 0.0730. The van der Waals surface area contributed by atoms with Crippen molar-refractivity contribution in [3.05, 3.63) is 70.7 Å². The summed E-state index contributed by atoms with van der Waals surface area (Å²) in [4.78, 5) is 5.03. The Balaban J connectivity index is 1.32. The van der Waals surface area contributed by atoms with E-state index in [0.29, 0.717) is 44.3 Å². The summed E-state index contributed by atoms with van der Waals surface area (Å²) in [5.41, 5.74) is 4.40. The number of aromatic nitrogens is 1. The van der Waals surface area contributed by atoms with E-state index < -0.39 is 10.0 Å². The predicted molar refractivity (Wildman–Crippen MR) is 119 cm³/mol. The van der Waals surface area contributed by atoms with Crippen molar-refractivity contribution in [1.82, 2.24) is 14.6 Å². The zero-order chi connectivity index (χ0) is 21.0. The van der Waals surface area contributed by atoms with E-state index in [1.54, 1.807) is 23.5 Å². The standard InChI is InChI=1S/C22H25N3O3S2/c1-17-2-6-19(7-3-17)22-24-20(16-29-22)15-23-14-18-4-8-21(9-5-18)30(26,27)25-10-12-28-13-11-25/h2-9,16,23H,10-15H2,1H3. The van der Waals surface area contributed by atoms with Crippen LogP contribution in [0.2, 0.25) is 0 Å². The van der Waals surface area contributed by atoms with Crippen LogP contribution in [0.15, 0.2) is 58.8 Å². The zero-order valence-corrected chi connectivity index (χ0v) is 18.5. The first-order valence-electron chi connectivity index (χ1n) is 9.91. The minimum atomic E-state index is -3.44. The van der Waals surface area contributed by atoms with Gasteiger partial charge in [0.2, 0.25) is 10.0 Å². The molecule has 1 aromatic heterocycles. The molecule has 4 rings (SSSR count). The number of hydrogen-bond acceptors (Lipinski definition) is 6. The Bertz CT molecular complexity index is 1070. The number of nitrogens with zero attached hydrogens (tertiary/aromatic N) is 2. The Kier molecular flexibility index (Phi) is 6.60. The Hall–Kier alpha value is -2.10. The molecule has 0 atom stereocenters. The average Bonchev–Trinajstić information content (AvgIpc) is 3.24. The number of morpholine rings is 1. The highest BCUT2D eigenvalue weighted by molar-refractivity contribution is 7.89. The lowest BCUT2D eigenvalue weighted by atomic mass is 10.2. The molecule has 3 aromatic rings. The van der Waals surface area contributed by atoms with Crippen LogP contribution in [0.3, 0.4) is 0 Å². The number of sulfonamides is 1. The summed E-state index contributed by atoms with van der Waals surface area (Å²) in [5.74, 6) is 0. The van der Waals surface area contributed by atoms with Crippen LogP contribution in [0.25, 0.3) is 10.6 Å². The monoisotopic (exact) mass is 443 g/mol. The van der Waals surface area contributed by atoms with Crippen molar-refractivity contribution in [1.29, 1.82) is 0 Å². The third kappa shape index (κ3) is 4.96. The lowest BCUT2D eigenvalue weighted by Gasteiger charge is -2.26. The second-order valence-corrected chi connectivity index (χ2v) is 10.1. The molecular weight excluding hydrogens is 418 g/mol. The van der Waals surface area contributed by atoms with Crippen molar-refractivity contribution in [2.24, 2.45) is 0 Å². The molecule has 1 N–H and O–H groups in total. The topological polar surface area (TPSA) is 71.5 Å². The molecule has 2 heterocycles. The van der Waals surface area contributed by atoms with E-state index in [1.165, 1.54) is 9.87 Å². The molecule has 0 saturated carbocycles. The molecule has 6 nitrogen and oxygen atoms in total. The molecule has 1 fully saturated rings. The van der Waals surface area contributed by atoms with Crippen molar-refractivity contribution in [2.45, 2.75) is 24.9 Å². The first-order valence-corrected chi connectivity index (χ1v) is 12.2. The van der Waals surface area contributed by atoms with Crippen LogP contribution in [0.1, 0.15) is 16.8 Å². The van der Waals surface area contributed by atoms with Gasteiger partial charge in [0.05, 0.1) is 23.8 Å². The highest BCUT2D eigenvalue weighted by Crippen LogP contribution is 2.24. The van der Waals surface area contributed by atoms with Gasteiger partial charge in [0.15, 0.2) is 0 Å². The molecule has 0 radical (unpaired) electrons. The molecule has 158 valence electrons. The van der Waals surface area contributed by atoms with E-state index in [9.17, 15) is 8.42 Å². The van der Waals surface area contributed by atoms with E-state index in [-0.39, 0.29) is 0 Å². The van der Waals surface area contributed by atoms with Gasteiger partial charge in [0.1, 0.15) is 5.01 Å². The number of benzene rings is 2. The van der Waals surface area contributed by atoms with Gasteiger partial charge in [-0.1, -0.05) is 42.0 Å². The summed E-state index contributed by atoms with van der Waals surface area (Å²) in [6.45, 7) is 5.09. The van der Waals surface area contributed by atoms with Crippen LogP contribution >= 0.6 is 11.3 Å². The molecular formula is C22H25N3O3S2. The Labute approximate surface area is 181 Å². The summed E-state index contributed by atoms with van der Waals surface area (Å²) in [6, 6.07) is 15.5. The summed E-state index contributed by atoms with van der Waals surface area (Å²) >= 11 is 1.64. The molecule has 0 unspecified atom stereocenters. The van der Waals surface area contributed by atoms with Gasteiger partial charge < -0.3 is 10.1 Å². The average molecular weight is 444 g/mol. The number of nitrogens with one attached hydrogen (secondary N) is 1. The van der Waals surface area contributed by atoms with E-state index >= 15 is 0 Å². The van der Waals surface area contributed by atoms with E-state index in [1.807, 2.05) is 12.1 Å². The van der Waals surface area contributed by atoms with Gasteiger partial charge in [-0.05, 0) is 24.6 Å². The fourth-order valence-corrected chi connectivity index (χ4v) is 5.50. The van der Waals surface area contributed by atoms with Crippen LogP contribution in [0.4, 0.5) is 0 Å². The fourth-order valence-electron chi connectivity index (χ4n) is 3.27. The lowest BCUT2D eigenvalue weighted by Crippen LogP contribution is -2.40. The maximum absolute atomic E-state index is 12.7. The molecule has 0 amide bonds. The molecule has 2 aromatic carbocycles. The van der Waals surface area contributed by atoms with E-state index in [0.717, 1.165) is 21.8 Å². The molecule has 1 aliphatic heterocycles. The van der Waals surface area contributed by atoms with Gasteiger partial charge in [-0.15, -0.1) is 11.3 Å². The quantitative estimate of drug-likeness (QED) is 0.606. The van der Waals surface area contributed by atoms with Gasteiger partial charge in [0, 0.05) is 37.1 Å². The molecule has 1 saturated heterocycles. The molecule has 1 aliphatic rings. The Morgan fingerprint density at radius 3 is 2.43 bits per heavy atom. The third-order valence-electron chi connectivity index (χ3n) is 5.02. The largest absolute Gasteiger partial charge is 0.379 e. The number of thiazole rings is 1. The normalized spacial score (nSPS) is 15.4. The highest BCUT2D eigenvalue weighted by atomic mass is 32.2. The van der Waals surface area contributed by atoms with Gasteiger partial charge in [0.25, 0.3) is 0 Å². The molecule has 0 spiro atoms. The van der Waals surface area contributed by atoms with Gasteiger partial charge in [-0.3, -0.25) is 0 Å². The van der Waals surface area contributed by atoms with Crippen LogP contribution in [0.5, 0.6) is 0 Å². The summed E-state index contributed by atoms with van der Waals surface area (Å²) in [6.07, 6.45) is 0. The second kappa shape index (κ2) is 9.36. The predicted octanol–water partition coefficient (Wildman–Crippen LogP) is 3.43. The molecule has 0 aliphatic carbocycles. The van der Waals surface area contributed by atoms with Crippen LogP contribution in [-0.4, -0.2) is 44.0 Å². The smallest absolute Gasteiger partial charge is 0.243 e. The summed E-state index contributed by atoms with van der Waals surface area (Å²) in [7, 11) is -3.44. The maximum Gasteiger partial charge on any atom is 0.243 e. The SMILES string of the molecule is Cc1ccc(-c2nc(CNCc3ccc(S(=O)(=O)N4CCOCC4)cc3)cs2)cc1. The van der Waals surface area contributed by atoms with E-state index in [4.69, 9.17) is 9.72 Å². The molecule has 0 bridgehead atoms. The number of rotatable bonds is 7. The van der Waals surface area contributed by atoms with E-state index in [2.05, 4.69) is 41.9 Å². The second-order valence-electron chi connectivity index (χ2n) is 7.27. The van der Waals surface area contributed by atoms with Gasteiger partial charge in [-0.25, -0.2) is 13.4 Å². The molecule has 30 heavy (non-hydrogen) atoms. The van der Waals surface area contributed by atoms with Crippen molar-refractivity contribution in [3.8, 4) is 10.6 Å². The number of ether oxygens (including phenoxy) is 1. The first-order chi connectivity index (χ1) is 14.5. The minimum absolute atomic E-state index is 0.329. The number of aryl methyl sites for hydroxylation is 1. The minimum Gasteiger partial charge on any atom is -0.379 e. The van der Waals surface area contributed by atoms with Crippen LogP contribution in [0, 0.1) is 6.92 Å². The summed E-state index contributed by atoms with van der Waals surface area (Å²) in [5, 5.41) is 6.47. The molecule has 8 heteroatoms. The van der Waals surface area contributed by atoms with Crippen molar-refractivity contribution < 1.29 is 13.2 Å². The van der Waals surface area contributed by atoms with Crippen molar-refractivity contribution in [2.75, 3.05) is 26.3 Å². The first kappa shape index (κ1) is 21.1. The van der Waals surface area contributed by atoms with Crippen LogP contribution < -0.4 is 5.32 Å². The van der Waals surface area contributed by atoms with Crippen LogP contribution in [-0.2, 0) is 27.8 Å². The maximum atomic E-state index is 12.7. The zero-order valence-electron chi connectivity index (χ0n) is 16.9. The summed E-state index contributed by atoms with van der Waals surface area (Å²) < 4.78 is 32.1. The van der Waals surface area contributed by atoms with Crippen molar-refractivity contribution in [3.63, 3.8) is 0 Å². The Morgan fingerprint density at radius 1 is 1.03 bits per heavy atom. The Morgan fingerprint density at radius 2 is 1.73 bits per heavy atom. The highest BCUT2D eigenvalue weighted by Gasteiger charge is 2.25. The fraction of sp³-hybridized carbons (Fsp3) is 0.318. The van der Waals surface area contributed by atoms with Gasteiger partial charge in [-0.2, -0.15) is 4.31 Å². The van der Waals surface area contributed by atoms with Gasteiger partial charge >= 0.3 is 0 Å². The third-order valence-corrected chi connectivity index (χ3v) is 7.87. The number of hydrogen-bond donors (Lipinski definition) is 1.